The van der Waals surface area contributed by atoms with Gasteiger partial charge in [-0.3, -0.25) is 9.69 Å². The summed E-state index contributed by atoms with van der Waals surface area (Å²) in [6, 6.07) is 8.54. The first-order chi connectivity index (χ1) is 12.1. The van der Waals surface area contributed by atoms with Gasteiger partial charge in [0, 0.05) is 17.4 Å². The van der Waals surface area contributed by atoms with Crippen molar-refractivity contribution < 1.29 is 18.8 Å². The topological polar surface area (TPSA) is 96.7 Å². The first kappa shape index (κ1) is 16.8. The monoisotopic (exact) mass is 344 g/mol. The van der Waals surface area contributed by atoms with E-state index in [1.165, 1.54) is 0 Å². The van der Waals surface area contributed by atoms with Crippen LogP contribution < -0.4 is 15.5 Å². The molecule has 1 aromatic heterocycles. The molecule has 8 heteroatoms. The number of anilines is 3. The normalized spacial score (nSPS) is 15.0. The highest BCUT2D eigenvalue weighted by atomic mass is 16.6. The predicted octanol–water partition coefficient (Wildman–Crippen LogP) is 2.77. The highest BCUT2D eigenvalue weighted by molar-refractivity contribution is 5.96. The molecule has 2 heterocycles. The molecule has 25 heavy (non-hydrogen) atoms. The summed E-state index contributed by atoms with van der Waals surface area (Å²) in [5.41, 5.74) is 1.48. The number of aromatic nitrogens is 1. The minimum Gasteiger partial charge on any atom is -0.447 e. The maximum absolute atomic E-state index is 12.4. The van der Waals surface area contributed by atoms with Crippen LogP contribution in [0.5, 0.6) is 0 Å². The maximum Gasteiger partial charge on any atom is 0.414 e. The molecule has 2 N–H and O–H groups in total. The number of hydrogen-bond donors (Lipinski definition) is 2. The Morgan fingerprint density at radius 1 is 1.40 bits per heavy atom. The minimum atomic E-state index is -0.446. The van der Waals surface area contributed by atoms with Gasteiger partial charge in [-0.2, -0.15) is 0 Å². The zero-order chi connectivity index (χ0) is 17.8. The van der Waals surface area contributed by atoms with Crippen LogP contribution in [0.3, 0.4) is 0 Å². The standard InChI is InChI=1S/C17H20N4O4/c1-3-14(16(22)19-15-9-11(2)25-20-15)18-12-5-4-6-13(10-12)21-7-8-24-17(21)23/h4-6,9-10,14,18H,3,7-8H2,1-2H3,(H,19,20,22). The molecule has 1 atom stereocenters. The lowest BCUT2D eigenvalue weighted by Crippen LogP contribution is -2.34. The number of hydrogen-bond acceptors (Lipinski definition) is 6. The fourth-order valence-corrected chi connectivity index (χ4v) is 2.58. The number of carbonyl (C=O) groups is 2. The molecule has 0 bridgehead atoms. The van der Waals surface area contributed by atoms with Crippen molar-refractivity contribution in [1.82, 2.24) is 5.16 Å². The third-order valence-electron chi connectivity index (χ3n) is 3.86. The van der Waals surface area contributed by atoms with Crippen LogP contribution in [0.4, 0.5) is 22.0 Å². The van der Waals surface area contributed by atoms with Crippen molar-refractivity contribution in [2.45, 2.75) is 26.3 Å². The smallest absolute Gasteiger partial charge is 0.414 e. The Morgan fingerprint density at radius 2 is 2.24 bits per heavy atom. The molecule has 1 fully saturated rings. The number of amides is 2. The second-order valence-electron chi connectivity index (χ2n) is 5.73. The largest absolute Gasteiger partial charge is 0.447 e. The third-order valence-corrected chi connectivity index (χ3v) is 3.86. The van der Waals surface area contributed by atoms with Gasteiger partial charge in [-0.15, -0.1) is 0 Å². The molecule has 1 unspecified atom stereocenters. The molecule has 8 nitrogen and oxygen atoms in total. The van der Waals surface area contributed by atoms with Gasteiger partial charge in [0.1, 0.15) is 18.4 Å². The van der Waals surface area contributed by atoms with Crippen molar-refractivity contribution >= 4 is 29.2 Å². The molecule has 1 aromatic carbocycles. The summed E-state index contributed by atoms with van der Waals surface area (Å²) in [6.07, 6.45) is 0.224. The Balaban J connectivity index is 1.68. The number of rotatable bonds is 6. The van der Waals surface area contributed by atoms with Gasteiger partial charge in [0.2, 0.25) is 5.91 Å². The van der Waals surface area contributed by atoms with Crippen LogP contribution in [-0.4, -0.2) is 36.4 Å². The minimum absolute atomic E-state index is 0.207. The van der Waals surface area contributed by atoms with E-state index in [0.717, 1.165) is 11.4 Å². The number of aryl methyl sites for hydroxylation is 1. The van der Waals surface area contributed by atoms with E-state index in [9.17, 15) is 9.59 Å². The zero-order valence-electron chi connectivity index (χ0n) is 14.1. The Morgan fingerprint density at radius 3 is 2.88 bits per heavy atom. The molecule has 0 radical (unpaired) electrons. The maximum atomic E-state index is 12.4. The lowest BCUT2D eigenvalue weighted by atomic mass is 10.2. The molecule has 3 rings (SSSR count). The van der Waals surface area contributed by atoms with Crippen molar-refractivity contribution in [2.75, 3.05) is 28.7 Å². The zero-order valence-corrected chi connectivity index (χ0v) is 14.1. The predicted molar refractivity (Wildman–Crippen MR) is 92.7 cm³/mol. The van der Waals surface area contributed by atoms with Gasteiger partial charge in [-0.1, -0.05) is 18.1 Å². The number of cyclic esters (lactones) is 1. The van der Waals surface area contributed by atoms with Gasteiger partial charge in [-0.05, 0) is 31.5 Å². The molecule has 132 valence electrons. The van der Waals surface area contributed by atoms with Crippen LogP contribution in [0.25, 0.3) is 0 Å². The molecule has 2 aromatic rings. The van der Waals surface area contributed by atoms with E-state index >= 15 is 0 Å². The molecule has 1 aliphatic heterocycles. The molecular weight excluding hydrogens is 324 g/mol. The van der Waals surface area contributed by atoms with Crippen LogP contribution in [0.2, 0.25) is 0 Å². The SMILES string of the molecule is CCC(Nc1cccc(N2CCOC2=O)c1)C(=O)Nc1cc(C)on1. The third kappa shape index (κ3) is 3.90. The van der Waals surface area contributed by atoms with Crippen molar-refractivity contribution in [3.05, 3.63) is 36.1 Å². The van der Waals surface area contributed by atoms with Crippen LogP contribution in [0, 0.1) is 6.92 Å². The summed E-state index contributed by atoms with van der Waals surface area (Å²) < 4.78 is 9.90. The summed E-state index contributed by atoms with van der Waals surface area (Å²) in [7, 11) is 0. The summed E-state index contributed by atoms with van der Waals surface area (Å²) in [5.74, 6) is 0.805. The molecule has 0 aliphatic carbocycles. The fraction of sp³-hybridized carbons (Fsp3) is 0.353. The highest BCUT2D eigenvalue weighted by Gasteiger charge is 2.24. The van der Waals surface area contributed by atoms with E-state index < -0.39 is 6.04 Å². The van der Waals surface area contributed by atoms with E-state index in [0.29, 0.717) is 31.2 Å². The first-order valence-electron chi connectivity index (χ1n) is 8.12. The second-order valence-corrected chi connectivity index (χ2v) is 5.73. The Labute approximate surface area is 145 Å². The Kier molecular flexibility index (Phi) is 4.87. The molecule has 2 amide bonds. The average Bonchev–Trinajstić information content (AvgIpc) is 3.21. The van der Waals surface area contributed by atoms with E-state index in [-0.39, 0.29) is 12.0 Å². The lowest BCUT2D eigenvalue weighted by Gasteiger charge is -2.19. The van der Waals surface area contributed by atoms with Crippen molar-refractivity contribution in [3.63, 3.8) is 0 Å². The van der Waals surface area contributed by atoms with Gasteiger partial charge >= 0.3 is 6.09 Å². The summed E-state index contributed by atoms with van der Waals surface area (Å²) in [4.78, 5) is 25.7. The van der Waals surface area contributed by atoms with Crippen molar-refractivity contribution in [2.24, 2.45) is 0 Å². The van der Waals surface area contributed by atoms with Crippen LogP contribution in [-0.2, 0) is 9.53 Å². The van der Waals surface area contributed by atoms with Gasteiger partial charge in [0.05, 0.1) is 6.54 Å². The second kappa shape index (κ2) is 7.25. The van der Waals surface area contributed by atoms with E-state index in [1.54, 1.807) is 17.9 Å². The van der Waals surface area contributed by atoms with E-state index in [1.807, 2.05) is 31.2 Å². The average molecular weight is 344 g/mol. The van der Waals surface area contributed by atoms with Gasteiger partial charge in [-0.25, -0.2) is 4.79 Å². The lowest BCUT2D eigenvalue weighted by molar-refractivity contribution is -0.117. The number of nitrogens with zero attached hydrogens (tertiary/aromatic N) is 2. The molecule has 1 aliphatic rings. The fourth-order valence-electron chi connectivity index (χ4n) is 2.58. The van der Waals surface area contributed by atoms with Gasteiger partial charge < -0.3 is 19.9 Å². The first-order valence-corrected chi connectivity index (χ1v) is 8.12. The number of benzene rings is 1. The molecule has 0 spiro atoms. The number of carbonyl (C=O) groups excluding carboxylic acids is 2. The summed E-state index contributed by atoms with van der Waals surface area (Å²) in [6.45, 7) is 4.57. The van der Waals surface area contributed by atoms with Crippen LogP contribution in [0.1, 0.15) is 19.1 Å². The Hall–Kier alpha value is -3.03. The van der Waals surface area contributed by atoms with E-state index in [4.69, 9.17) is 9.26 Å². The Bertz CT molecular complexity index is 774. The number of ether oxygens (including phenoxy) is 1. The molecule has 1 saturated heterocycles. The van der Waals surface area contributed by atoms with Crippen molar-refractivity contribution in [1.29, 1.82) is 0 Å². The van der Waals surface area contributed by atoms with Gasteiger partial charge in [0.15, 0.2) is 5.82 Å². The quantitative estimate of drug-likeness (QED) is 0.836. The van der Waals surface area contributed by atoms with Crippen LogP contribution >= 0.6 is 0 Å². The van der Waals surface area contributed by atoms with Gasteiger partial charge in [0.25, 0.3) is 0 Å². The highest BCUT2D eigenvalue weighted by Crippen LogP contribution is 2.23. The van der Waals surface area contributed by atoms with Crippen molar-refractivity contribution in [3.8, 4) is 0 Å². The summed E-state index contributed by atoms with van der Waals surface area (Å²) in [5, 5.41) is 9.67. The van der Waals surface area contributed by atoms with E-state index in [2.05, 4.69) is 15.8 Å². The molecular formula is C17H20N4O4. The number of nitrogens with one attached hydrogen (secondary N) is 2. The van der Waals surface area contributed by atoms with Crippen LogP contribution in [0.15, 0.2) is 34.9 Å². The molecule has 0 saturated carbocycles. The summed E-state index contributed by atoms with van der Waals surface area (Å²) >= 11 is 0.